The van der Waals surface area contributed by atoms with E-state index in [0.29, 0.717) is 6.54 Å². The molecule has 2 rings (SSSR count). The maximum Gasteiger partial charge on any atom is 0.182 e. The molecule has 1 aromatic carbocycles. The zero-order valence-electron chi connectivity index (χ0n) is 10.6. The third-order valence-electron chi connectivity index (χ3n) is 2.86. The van der Waals surface area contributed by atoms with Crippen LogP contribution in [0.3, 0.4) is 0 Å². The van der Waals surface area contributed by atoms with Gasteiger partial charge in [-0.1, -0.05) is 24.3 Å². The first-order valence-electron chi connectivity index (χ1n) is 6.22. The maximum absolute atomic E-state index is 5.58. The first kappa shape index (κ1) is 13.1. The van der Waals surface area contributed by atoms with Gasteiger partial charge in [0.05, 0.1) is 5.69 Å². The van der Waals surface area contributed by atoms with E-state index in [1.54, 1.807) is 11.3 Å². The smallest absolute Gasteiger partial charge is 0.182 e. The van der Waals surface area contributed by atoms with Crippen LogP contribution in [0, 0.1) is 0 Å². The molecule has 0 unspecified atom stereocenters. The Morgan fingerprint density at radius 2 is 2.00 bits per heavy atom. The quantitative estimate of drug-likeness (QED) is 0.840. The second-order valence-corrected chi connectivity index (χ2v) is 5.11. The van der Waals surface area contributed by atoms with Gasteiger partial charge in [-0.2, -0.15) is 0 Å². The van der Waals surface area contributed by atoms with Crippen molar-refractivity contribution in [2.45, 2.75) is 19.3 Å². The van der Waals surface area contributed by atoms with Crippen LogP contribution in [-0.4, -0.2) is 18.6 Å². The van der Waals surface area contributed by atoms with E-state index in [-0.39, 0.29) is 0 Å². The molecule has 0 amide bonds. The van der Waals surface area contributed by atoms with Crippen molar-refractivity contribution in [2.75, 3.05) is 18.9 Å². The normalized spacial score (nSPS) is 10.6. The molecule has 0 spiro atoms. The molecule has 1 heterocycles. The van der Waals surface area contributed by atoms with Gasteiger partial charge in [0, 0.05) is 12.4 Å². The van der Waals surface area contributed by atoms with Crippen LogP contribution < -0.4 is 11.1 Å². The molecular formula is C14H19N3S. The first-order valence-corrected chi connectivity index (χ1v) is 7.10. The molecule has 0 radical (unpaired) electrons. The number of anilines is 1. The molecule has 2 aromatic rings. The third-order valence-corrected chi connectivity index (χ3v) is 3.77. The van der Waals surface area contributed by atoms with Crippen LogP contribution in [0.1, 0.15) is 16.8 Å². The molecule has 0 bridgehead atoms. The second-order valence-electron chi connectivity index (χ2n) is 4.25. The Bertz CT molecular complexity index is 493. The predicted molar refractivity (Wildman–Crippen MR) is 78.3 cm³/mol. The number of nitrogens with one attached hydrogen (secondary N) is 1. The topological polar surface area (TPSA) is 50.9 Å². The van der Waals surface area contributed by atoms with Crippen LogP contribution in [0.25, 0.3) is 0 Å². The highest BCUT2D eigenvalue weighted by Gasteiger charge is 2.02. The van der Waals surface area contributed by atoms with Crippen molar-refractivity contribution in [1.29, 1.82) is 0 Å². The Kier molecular flexibility index (Phi) is 4.73. The molecule has 0 aliphatic rings. The number of nitrogens with zero attached hydrogens (tertiary/aromatic N) is 1. The summed E-state index contributed by atoms with van der Waals surface area (Å²) >= 11 is 1.66. The molecule has 0 aliphatic heterocycles. The molecule has 3 N–H and O–H groups in total. The van der Waals surface area contributed by atoms with Crippen LogP contribution in [-0.2, 0) is 19.3 Å². The lowest BCUT2D eigenvalue weighted by Gasteiger charge is -2.03. The number of thiazole rings is 1. The monoisotopic (exact) mass is 261 g/mol. The summed E-state index contributed by atoms with van der Waals surface area (Å²) in [6, 6.07) is 8.67. The van der Waals surface area contributed by atoms with E-state index in [9.17, 15) is 0 Å². The molecule has 0 aliphatic carbocycles. The van der Waals surface area contributed by atoms with Crippen molar-refractivity contribution in [3.05, 3.63) is 46.5 Å². The molecule has 3 nitrogen and oxygen atoms in total. The van der Waals surface area contributed by atoms with Gasteiger partial charge in [0.2, 0.25) is 0 Å². The van der Waals surface area contributed by atoms with Gasteiger partial charge < -0.3 is 11.1 Å². The summed E-state index contributed by atoms with van der Waals surface area (Å²) in [7, 11) is 1.90. The van der Waals surface area contributed by atoms with Crippen LogP contribution in [0.2, 0.25) is 0 Å². The van der Waals surface area contributed by atoms with E-state index in [0.717, 1.165) is 30.1 Å². The Labute approximate surface area is 112 Å². The second kappa shape index (κ2) is 6.52. The Hall–Kier alpha value is -1.39. The molecule has 0 saturated carbocycles. The minimum absolute atomic E-state index is 0.709. The van der Waals surface area contributed by atoms with Crippen molar-refractivity contribution in [1.82, 2.24) is 4.98 Å². The number of nitrogens with two attached hydrogens (primary N) is 1. The average molecular weight is 261 g/mol. The SMILES string of the molecule is CNc1nc(CCc2cccc(CCN)c2)cs1. The van der Waals surface area contributed by atoms with Gasteiger partial charge in [-0.3, -0.25) is 0 Å². The first-order chi connectivity index (χ1) is 8.81. The number of rotatable bonds is 6. The number of hydrogen-bond donors (Lipinski definition) is 2. The van der Waals surface area contributed by atoms with Gasteiger partial charge in [0.25, 0.3) is 0 Å². The van der Waals surface area contributed by atoms with Crippen molar-refractivity contribution < 1.29 is 0 Å². The fraction of sp³-hybridized carbons (Fsp3) is 0.357. The van der Waals surface area contributed by atoms with Gasteiger partial charge in [0.1, 0.15) is 0 Å². The van der Waals surface area contributed by atoms with E-state index in [1.807, 2.05) is 7.05 Å². The third kappa shape index (κ3) is 3.55. The van der Waals surface area contributed by atoms with Crippen molar-refractivity contribution in [3.63, 3.8) is 0 Å². The summed E-state index contributed by atoms with van der Waals surface area (Å²) in [5.74, 6) is 0. The molecule has 4 heteroatoms. The highest BCUT2D eigenvalue weighted by Crippen LogP contribution is 2.16. The summed E-state index contributed by atoms with van der Waals surface area (Å²) in [4.78, 5) is 4.49. The van der Waals surface area contributed by atoms with Crippen LogP contribution in [0.5, 0.6) is 0 Å². The summed E-state index contributed by atoms with van der Waals surface area (Å²) < 4.78 is 0. The average Bonchev–Trinajstić information content (AvgIpc) is 2.85. The van der Waals surface area contributed by atoms with Crippen molar-refractivity contribution in [3.8, 4) is 0 Å². The van der Waals surface area contributed by atoms with Gasteiger partial charge in [-0.15, -0.1) is 11.3 Å². The zero-order valence-corrected chi connectivity index (χ0v) is 11.5. The van der Waals surface area contributed by atoms with Crippen molar-refractivity contribution >= 4 is 16.5 Å². The van der Waals surface area contributed by atoms with Gasteiger partial charge in [0.15, 0.2) is 5.13 Å². The maximum atomic E-state index is 5.58. The lowest BCUT2D eigenvalue weighted by Crippen LogP contribution is -2.03. The number of aromatic nitrogens is 1. The lowest BCUT2D eigenvalue weighted by atomic mass is 10.0. The highest BCUT2D eigenvalue weighted by molar-refractivity contribution is 7.13. The van der Waals surface area contributed by atoms with Gasteiger partial charge >= 0.3 is 0 Å². The van der Waals surface area contributed by atoms with Crippen molar-refractivity contribution in [2.24, 2.45) is 5.73 Å². The fourth-order valence-corrected chi connectivity index (χ4v) is 2.62. The van der Waals surface area contributed by atoms with E-state index >= 15 is 0 Å². The standard InChI is InChI=1S/C14H19N3S/c1-16-14-17-13(10-18-14)6-5-11-3-2-4-12(9-11)7-8-15/h2-4,9-10H,5-8,15H2,1H3,(H,16,17). The largest absolute Gasteiger partial charge is 0.365 e. The number of benzene rings is 1. The molecule has 18 heavy (non-hydrogen) atoms. The highest BCUT2D eigenvalue weighted by atomic mass is 32.1. The predicted octanol–water partition coefficient (Wildman–Crippen LogP) is 2.47. The zero-order chi connectivity index (χ0) is 12.8. The van der Waals surface area contributed by atoms with Crippen LogP contribution in [0.4, 0.5) is 5.13 Å². The Morgan fingerprint density at radius 3 is 2.67 bits per heavy atom. The van der Waals surface area contributed by atoms with Crippen LogP contribution >= 0.6 is 11.3 Å². The molecule has 0 atom stereocenters. The Morgan fingerprint density at radius 1 is 1.22 bits per heavy atom. The minimum atomic E-state index is 0.709. The fourth-order valence-electron chi connectivity index (χ4n) is 1.92. The number of hydrogen-bond acceptors (Lipinski definition) is 4. The minimum Gasteiger partial charge on any atom is -0.365 e. The van der Waals surface area contributed by atoms with E-state index in [1.165, 1.54) is 11.1 Å². The van der Waals surface area contributed by atoms with E-state index < -0.39 is 0 Å². The summed E-state index contributed by atoms with van der Waals surface area (Å²) in [6.45, 7) is 0.709. The van der Waals surface area contributed by atoms with Gasteiger partial charge in [-0.25, -0.2) is 4.98 Å². The molecule has 96 valence electrons. The lowest BCUT2D eigenvalue weighted by molar-refractivity contribution is 0.914. The number of aryl methyl sites for hydroxylation is 2. The molecule has 0 saturated heterocycles. The van der Waals surface area contributed by atoms with E-state index in [2.05, 4.69) is 39.9 Å². The molecular weight excluding hydrogens is 242 g/mol. The van der Waals surface area contributed by atoms with E-state index in [4.69, 9.17) is 5.73 Å². The van der Waals surface area contributed by atoms with Crippen LogP contribution in [0.15, 0.2) is 29.6 Å². The Balaban J connectivity index is 1.94. The summed E-state index contributed by atoms with van der Waals surface area (Å²) in [6.07, 6.45) is 2.98. The summed E-state index contributed by atoms with van der Waals surface area (Å²) in [5, 5.41) is 6.17. The molecule has 0 fully saturated rings. The molecule has 1 aromatic heterocycles. The van der Waals surface area contributed by atoms with Gasteiger partial charge in [-0.05, 0) is 36.9 Å². The summed E-state index contributed by atoms with van der Waals surface area (Å²) in [5.41, 5.74) is 9.42.